The molecule has 1 fully saturated rings. The van der Waals surface area contributed by atoms with Gasteiger partial charge in [-0.05, 0) is 48.4 Å². The van der Waals surface area contributed by atoms with Gasteiger partial charge in [-0.3, -0.25) is 9.59 Å². The first kappa shape index (κ1) is 16.9. The van der Waals surface area contributed by atoms with Gasteiger partial charge >= 0.3 is 0 Å². The van der Waals surface area contributed by atoms with Crippen molar-refractivity contribution >= 4 is 28.1 Å². The minimum Gasteiger partial charge on any atom is -0.393 e. The molecule has 0 radical (unpaired) electrons. The van der Waals surface area contributed by atoms with Gasteiger partial charge in [-0.2, -0.15) is 0 Å². The van der Waals surface area contributed by atoms with Gasteiger partial charge in [-0.15, -0.1) is 11.3 Å². The summed E-state index contributed by atoms with van der Waals surface area (Å²) in [5, 5.41) is 15.1. The first-order chi connectivity index (χ1) is 12.5. The average molecular weight is 372 g/mol. The quantitative estimate of drug-likeness (QED) is 0.658. The third kappa shape index (κ3) is 3.15. The van der Waals surface area contributed by atoms with Gasteiger partial charge < -0.3 is 15.4 Å². The number of fused-ring (bicyclic) bond motifs is 1. The molecule has 1 aliphatic carbocycles. The standard InChI is InChI=1S/C19H17FN2O3S/c20-11-3-4-13-14(9-17(24)21-15(13)8-11)19(25)22-18(10-6-12(23)7-10)16-2-1-5-26-16/h1-5,8-10,12,18,23H,6-7H2,(H,21,24)(H,22,25)/t10?,12?,18-/m1/s1. The van der Waals surface area contributed by atoms with E-state index in [2.05, 4.69) is 10.3 Å². The molecule has 2 aromatic heterocycles. The van der Waals surface area contributed by atoms with E-state index in [4.69, 9.17) is 0 Å². The number of aliphatic hydroxyl groups excluding tert-OH is 1. The summed E-state index contributed by atoms with van der Waals surface area (Å²) in [6.45, 7) is 0. The molecule has 134 valence electrons. The number of hydrogen-bond donors (Lipinski definition) is 3. The Labute approximate surface area is 152 Å². The molecule has 0 spiro atoms. The number of aliphatic hydroxyl groups is 1. The van der Waals surface area contributed by atoms with Crippen LogP contribution >= 0.6 is 11.3 Å². The maximum atomic E-state index is 13.4. The maximum absolute atomic E-state index is 13.4. The SMILES string of the molecule is O=C(N[C@@H](c1cccs1)C1CC(O)C1)c1cc(=O)[nH]c2cc(F)ccc12. The van der Waals surface area contributed by atoms with E-state index >= 15 is 0 Å². The molecule has 5 nitrogen and oxygen atoms in total. The van der Waals surface area contributed by atoms with Crippen molar-refractivity contribution in [3.63, 3.8) is 0 Å². The van der Waals surface area contributed by atoms with Crippen molar-refractivity contribution in [2.75, 3.05) is 0 Å². The largest absolute Gasteiger partial charge is 0.393 e. The molecule has 3 N–H and O–H groups in total. The van der Waals surface area contributed by atoms with Gasteiger partial charge in [0.25, 0.3) is 5.91 Å². The summed E-state index contributed by atoms with van der Waals surface area (Å²) in [5.74, 6) is -0.712. The second kappa shape index (κ2) is 6.66. The molecular weight excluding hydrogens is 355 g/mol. The number of aromatic nitrogens is 1. The van der Waals surface area contributed by atoms with E-state index in [9.17, 15) is 19.1 Å². The molecule has 1 saturated carbocycles. The second-order valence-electron chi connectivity index (χ2n) is 6.59. The highest BCUT2D eigenvalue weighted by atomic mass is 32.1. The minimum absolute atomic E-state index is 0.151. The number of carbonyl (C=O) groups is 1. The molecule has 2 heterocycles. The summed E-state index contributed by atoms with van der Waals surface area (Å²) in [7, 11) is 0. The van der Waals surface area contributed by atoms with Crippen LogP contribution in [0.1, 0.15) is 34.1 Å². The monoisotopic (exact) mass is 372 g/mol. The molecular formula is C19H17FN2O3S. The minimum atomic E-state index is -0.481. The van der Waals surface area contributed by atoms with E-state index in [1.807, 2.05) is 17.5 Å². The third-order valence-corrected chi connectivity index (χ3v) is 5.76. The topological polar surface area (TPSA) is 82.2 Å². The van der Waals surface area contributed by atoms with Crippen molar-refractivity contribution in [3.05, 3.63) is 68.4 Å². The Kier molecular flexibility index (Phi) is 4.34. The van der Waals surface area contributed by atoms with Gasteiger partial charge in [-0.25, -0.2) is 4.39 Å². The van der Waals surface area contributed by atoms with Gasteiger partial charge in [-0.1, -0.05) is 6.07 Å². The van der Waals surface area contributed by atoms with Crippen LogP contribution in [0.2, 0.25) is 0 Å². The van der Waals surface area contributed by atoms with Crippen molar-refractivity contribution in [1.29, 1.82) is 0 Å². The molecule has 26 heavy (non-hydrogen) atoms. The Morgan fingerprint density at radius 2 is 2.12 bits per heavy atom. The number of amides is 1. The van der Waals surface area contributed by atoms with E-state index in [-0.39, 0.29) is 35.1 Å². The van der Waals surface area contributed by atoms with Gasteiger partial charge in [0.1, 0.15) is 5.82 Å². The van der Waals surface area contributed by atoms with Gasteiger partial charge in [0.2, 0.25) is 5.56 Å². The van der Waals surface area contributed by atoms with Crippen LogP contribution in [0.3, 0.4) is 0 Å². The van der Waals surface area contributed by atoms with Crippen molar-refractivity contribution in [3.8, 4) is 0 Å². The summed E-state index contributed by atoms with van der Waals surface area (Å²) >= 11 is 1.54. The number of thiophene rings is 1. The fourth-order valence-electron chi connectivity index (χ4n) is 3.43. The fraction of sp³-hybridized carbons (Fsp3) is 0.263. The highest BCUT2D eigenvalue weighted by molar-refractivity contribution is 7.10. The highest BCUT2D eigenvalue weighted by Crippen LogP contribution is 2.39. The lowest BCUT2D eigenvalue weighted by Gasteiger charge is -2.37. The number of pyridine rings is 1. The number of H-pyrrole nitrogens is 1. The second-order valence-corrected chi connectivity index (χ2v) is 7.57. The third-order valence-electron chi connectivity index (χ3n) is 4.81. The van der Waals surface area contributed by atoms with E-state index in [1.165, 1.54) is 24.3 Å². The van der Waals surface area contributed by atoms with E-state index in [1.54, 1.807) is 11.3 Å². The number of rotatable bonds is 4. The number of nitrogens with one attached hydrogen (secondary N) is 2. The Morgan fingerprint density at radius 1 is 1.31 bits per heavy atom. The summed E-state index contributed by atoms with van der Waals surface area (Å²) in [6, 6.07) is 8.83. The zero-order valence-electron chi connectivity index (χ0n) is 13.7. The molecule has 0 bridgehead atoms. The normalized spacial score (nSPS) is 20.5. The van der Waals surface area contributed by atoms with Crippen LogP contribution in [0, 0.1) is 11.7 Å². The van der Waals surface area contributed by atoms with Gasteiger partial charge in [0, 0.05) is 16.3 Å². The molecule has 7 heteroatoms. The van der Waals surface area contributed by atoms with Gasteiger partial charge in [0.05, 0.1) is 23.2 Å². The first-order valence-electron chi connectivity index (χ1n) is 8.36. The number of carbonyl (C=O) groups excluding carboxylic acids is 1. The highest BCUT2D eigenvalue weighted by Gasteiger charge is 2.36. The fourth-order valence-corrected chi connectivity index (χ4v) is 4.30. The van der Waals surface area contributed by atoms with Crippen LogP contribution in [0.4, 0.5) is 4.39 Å². The van der Waals surface area contributed by atoms with Crippen LogP contribution in [0.15, 0.2) is 46.6 Å². The average Bonchev–Trinajstić information content (AvgIpc) is 3.10. The summed E-state index contributed by atoms with van der Waals surface area (Å²) in [4.78, 5) is 28.4. The number of benzene rings is 1. The lowest BCUT2D eigenvalue weighted by atomic mass is 9.76. The molecule has 0 unspecified atom stereocenters. The molecule has 1 aromatic carbocycles. The van der Waals surface area contributed by atoms with E-state index in [0.29, 0.717) is 18.2 Å². The van der Waals surface area contributed by atoms with Crippen molar-refractivity contribution in [1.82, 2.24) is 10.3 Å². The zero-order valence-corrected chi connectivity index (χ0v) is 14.6. The van der Waals surface area contributed by atoms with Crippen LogP contribution in [-0.4, -0.2) is 22.1 Å². The number of hydrogen-bond acceptors (Lipinski definition) is 4. The summed E-state index contributed by atoms with van der Waals surface area (Å²) < 4.78 is 13.4. The van der Waals surface area contributed by atoms with Gasteiger partial charge in [0.15, 0.2) is 0 Å². The molecule has 1 atom stereocenters. The zero-order chi connectivity index (χ0) is 18.3. The number of halogens is 1. The predicted molar refractivity (Wildman–Crippen MR) is 97.8 cm³/mol. The molecule has 1 amide bonds. The first-order valence-corrected chi connectivity index (χ1v) is 9.24. The Hall–Kier alpha value is -2.51. The number of aromatic amines is 1. The predicted octanol–water partition coefficient (Wildman–Crippen LogP) is 2.97. The van der Waals surface area contributed by atoms with E-state index in [0.717, 1.165) is 4.88 Å². The molecule has 4 rings (SSSR count). The van der Waals surface area contributed by atoms with Crippen molar-refractivity contribution < 1.29 is 14.3 Å². The summed E-state index contributed by atoms with van der Waals surface area (Å²) in [6.07, 6.45) is 0.927. The van der Waals surface area contributed by atoms with Crippen molar-refractivity contribution in [2.24, 2.45) is 5.92 Å². The summed E-state index contributed by atoms with van der Waals surface area (Å²) in [5.41, 5.74) is 0.0413. The molecule has 0 saturated heterocycles. The van der Waals surface area contributed by atoms with Crippen LogP contribution in [0.5, 0.6) is 0 Å². The van der Waals surface area contributed by atoms with E-state index < -0.39 is 11.4 Å². The maximum Gasteiger partial charge on any atom is 0.252 e. The Bertz CT molecular complexity index is 1010. The Morgan fingerprint density at radius 3 is 2.81 bits per heavy atom. The van der Waals surface area contributed by atoms with Crippen LogP contribution in [-0.2, 0) is 0 Å². The lowest BCUT2D eigenvalue weighted by Crippen LogP contribution is -2.41. The molecule has 1 aliphatic rings. The lowest BCUT2D eigenvalue weighted by molar-refractivity contribution is 0.0241. The van der Waals surface area contributed by atoms with Crippen LogP contribution in [0.25, 0.3) is 10.9 Å². The smallest absolute Gasteiger partial charge is 0.252 e. The molecule has 3 aromatic rings. The molecule has 0 aliphatic heterocycles. The van der Waals surface area contributed by atoms with Crippen molar-refractivity contribution in [2.45, 2.75) is 25.0 Å². The van der Waals surface area contributed by atoms with Crippen LogP contribution < -0.4 is 10.9 Å². The Balaban J connectivity index is 1.68.